The van der Waals surface area contributed by atoms with Crippen LogP contribution in [0, 0.1) is 12.8 Å². The zero-order valence-electron chi connectivity index (χ0n) is 17.4. The Labute approximate surface area is 176 Å². The van der Waals surface area contributed by atoms with Crippen molar-refractivity contribution >= 4 is 34.3 Å². The summed E-state index contributed by atoms with van der Waals surface area (Å²) in [6.07, 6.45) is 5.24. The van der Waals surface area contributed by atoms with Crippen LogP contribution in [-0.2, 0) is 0 Å². The van der Waals surface area contributed by atoms with Gasteiger partial charge in [0.15, 0.2) is 11.6 Å². The maximum atomic E-state index is 4.92. The Morgan fingerprint density at radius 2 is 1.93 bits per heavy atom. The normalized spacial score (nSPS) is 17.0. The van der Waals surface area contributed by atoms with Crippen LogP contribution in [0.3, 0.4) is 0 Å². The topological polar surface area (TPSA) is 90.9 Å². The Kier molecular flexibility index (Phi) is 5.31. The second-order valence-corrected chi connectivity index (χ2v) is 8.15. The SMILES string of the molecule is Cc1ccccc1Nc1nc(N2CCCNCC2)nc2c(NCC3CC3)ncnc12. The van der Waals surface area contributed by atoms with Crippen LogP contribution in [0.4, 0.5) is 23.3 Å². The molecule has 0 amide bonds. The van der Waals surface area contributed by atoms with E-state index in [-0.39, 0.29) is 0 Å². The number of aromatic nitrogens is 4. The minimum absolute atomic E-state index is 0.721. The number of rotatable bonds is 6. The van der Waals surface area contributed by atoms with Crippen LogP contribution in [0.25, 0.3) is 11.0 Å². The maximum Gasteiger partial charge on any atom is 0.228 e. The molecule has 5 rings (SSSR count). The summed E-state index contributed by atoms with van der Waals surface area (Å²) in [5, 5.41) is 10.4. The molecule has 1 saturated carbocycles. The molecular formula is C22H28N8. The quantitative estimate of drug-likeness (QED) is 0.577. The zero-order chi connectivity index (χ0) is 20.3. The molecule has 1 aliphatic carbocycles. The third-order valence-electron chi connectivity index (χ3n) is 5.75. The Morgan fingerprint density at radius 1 is 1.03 bits per heavy atom. The van der Waals surface area contributed by atoms with E-state index in [9.17, 15) is 0 Å². The molecule has 0 bridgehead atoms. The third-order valence-corrected chi connectivity index (χ3v) is 5.75. The first-order valence-electron chi connectivity index (χ1n) is 10.8. The van der Waals surface area contributed by atoms with Crippen LogP contribution < -0.4 is 20.9 Å². The van der Waals surface area contributed by atoms with Crippen molar-refractivity contribution in [1.82, 2.24) is 25.3 Å². The van der Waals surface area contributed by atoms with Gasteiger partial charge in [-0.05, 0) is 50.3 Å². The number of nitrogens with zero attached hydrogens (tertiary/aromatic N) is 5. The fourth-order valence-electron chi connectivity index (χ4n) is 3.74. The number of fused-ring (bicyclic) bond motifs is 1. The van der Waals surface area contributed by atoms with Gasteiger partial charge in [-0.15, -0.1) is 0 Å². The van der Waals surface area contributed by atoms with Crippen LogP contribution >= 0.6 is 0 Å². The van der Waals surface area contributed by atoms with Gasteiger partial charge in [0.05, 0.1) is 0 Å². The number of benzene rings is 1. The van der Waals surface area contributed by atoms with Crippen molar-refractivity contribution in [3.8, 4) is 0 Å². The summed E-state index contributed by atoms with van der Waals surface area (Å²) >= 11 is 0. The van der Waals surface area contributed by atoms with Gasteiger partial charge in [-0.1, -0.05) is 18.2 Å². The third kappa shape index (κ3) is 4.14. The first-order chi connectivity index (χ1) is 14.8. The van der Waals surface area contributed by atoms with Crippen molar-refractivity contribution in [2.75, 3.05) is 48.3 Å². The van der Waals surface area contributed by atoms with E-state index in [4.69, 9.17) is 9.97 Å². The summed E-state index contributed by atoms with van der Waals surface area (Å²) in [4.78, 5) is 21.1. The van der Waals surface area contributed by atoms with E-state index in [1.165, 1.54) is 12.8 Å². The molecule has 1 aliphatic heterocycles. The molecule has 0 spiro atoms. The summed E-state index contributed by atoms with van der Waals surface area (Å²) in [7, 11) is 0. The Hall–Kier alpha value is -3.00. The van der Waals surface area contributed by atoms with Crippen molar-refractivity contribution in [3.63, 3.8) is 0 Å². The monoisotopic (exact) mass is 404 g/mol. The second-order valence-electron chi connectivity index (χ2n) is 8.15. The van der Waals surface area contributed by atoms with Gasteiger partial charge in [-0.25, -0.2) is 15.0 Å². The lowest BCUT2D eigenvalue weighted by molar-refractivity contribution is 0.724. The van der Waals surface area contributed by atoms with E-state index >= 15 is 0 Å². The van der Waals surface area contributed by atoms with Crippen LogP contribution in [0.5, 0.6) is 0 Å². The molecule has 2 aliphatic rings. The predicted octanol–water partition coefficient (Wildman–Crippen LogP) is 3.09. The highest BCUT2D eigenvalue weighted by Crippen LogP contribution is 2.32. The lowest BCUT2D eigenvalue weighted by Crippen LogP contribution is -2.29. The number of para-hydroxylation sites is 1. The molecule has 156 valence electrons. The average molecular weight is 405 g/mol. The van der Waals surface area contributed by atoms with Crippen LogP contribution in [-0.4, -0.2) is 52.7 Å². The van der Waals surface area contributed by atoms with Crippen LogP contribution in [0.15, 0.2) is 30.6 Å². The Bertz CT molecular complexity index is 1020. The maximum absolute atomic E-state index is 4.92. The first-order valence-corrected chi connectivity index (χ1v) is 10.8. The Morgan fingerprint density at radius 3 is 2.80 bits per heavy atom. The van der Waals surface area contributed by atoms with E-state index < -0.39 is 0 Å². The van der Waals surface area contributed by atoms with Gasteiger partial charge in [0, 0.05) is 31.9 Å². The van der Waals surface area contributed by atoms with E-state index in [2.05, 4.69) is 49.9 Å². The molecule has 2 fully saturated rings. The molecule has 3 aromatic rings. The molecule has 30 heavy (non-hydrogen) atoms. The lowest BCUT2D eigenvalue weighted by Gasteiger charge is -2.22. The molecule has 2 aromatic heterocycles. The minimum Gasteiger partial charge on any atom is -0.368 e. The summed E-state index contributed by atoms with van der Waals surface area (Å²) in [6, 6.07) is 8.21. The highest BCUT2D eigenvalue weighted by molar-refractivity contribution is 5.94. The van der Waals surface area contributed by atoms with E-state index in [0.29, 0.717) is 0 Å². The number of hydrogen-bond donors (Lipinski definition) is 3. The van der Waals surface area contributed by atoms with Gasteiger partial charge in [-0.3, -0.25) is 0 Å². The summed E-state index contributed by atoms with van der Waals surface area (Å²) < 4.78 is 0. The summed E-state index contributed by atoms with van der Waals surface area (Å²) in [5.74, 6) is 2.99. The van der Waals surface area contributed by atoms with Crippen molar-refractivity contribution in [2.24, 2.45) is 5.92 Å². The first kappa shape index (κ1) is 19.0. The zero-order valence-corrected chi connectivity index (χ0v) is 17.4. The van der Waals surface area contributed by atoms with Gasteiger partial charge in [0.25, 0.3) is 0 Å². The minimum atomic E-state index is 0.721. The van der Waals surface area contributed by atoms with Gasteiger partial charge < -0.3 is 20.9 Å². The molecule has 1 saturated heterocycles. The van der Waals surface area contributed by atoms with Crippen molar-refractivity contribution < 1.29 is 0 Å². The number of aryl methyl sites for hydroxylation is 1. The fraction of sp³-hybridized carbons (Fsp3) is 0.455. The molecular weight excluding hydrogens is 376 g/mol. The summed E-state index contributed by atoms with van der Waals surface area (Å²) in [5.41, 5.74) is 3.69. The van der Waals surface area contributed by atoms with E-state index in [1.807, 2.05) is 12.1 Å². The van der Waals surface area contributed by atoms with Gasteiger partial charge >= 0.3 is 0 Å². The number of anilines is 4. The second kappa shape index (κ2) is 8.39. The molecule has 1 aromatic carbocycles. The van der Waals surface area contributed by atoms with Gasteiger partial charge in [0.1, 0.15) is 17.4 Å². The highest BCUT2D eigenvalue weighted by Gasteiger charge is 2.23. The molecule has 8 heteroatoms. The number of hydrogen-bond acceptors (Lipinski definition) is 8. The van der Waals surface area contributed by atoms with Crippen molar-refractivity contribution in [3.05, 3.63) is 36.2 Å². The lowest BCUT2D eigenvalue weighted by atomic mass is 10.2. The smallest absolute Gasteiger partial charge is 0.228 e. The molecule has 0 radical (unpaired) electrons. The van der Waals surface area contributed by atoms with E-state index in [1.54, 1.807) is 6.33 Å². The largest absolute Gasteiger partial charge is 0.368 e. The van der Waals surface area contributed by atoms with Crippen LogP contribution in [0.2, 0.25) is 0 Å². The Balaban J connectivity index is 1.58. The molecule has 3 N–H and O–H groups in total. The highest BCUT2D eigenvalue weighted by atomic mass is 15.3. The van der Waals surface area contributed by atoms with Crippen molar-refractivity contribution in [2.45, 2.75) is 26.2 Å². The molecule has 0 unspecified atom stereocenters. The van der Waals surface area contributed by atoms with E-state index in [0.717, 1.165) is 84.9 Å². The van der Waals surface area contributed by atoms with Gasteiger partial charge in [0.2, 0.25) is 5.95 Å². The predicted molar refractivity (Wildman–Crippen MR) is 121 cm³/mol. The fourth-order valence-corrected chi connectivity index (χ4v) is 3.74. The van der Waals surface area contributed by atoms with Crippen LogP contribution in [0.1, 0.15) is 24.8 Å². The van der Waals surface area contributed by atoms with Gasteiger partial charge in [-0.2, -0.15) is 4.98 Å². The van der Waals surface area contributed by atoms with Crippen molar-refractivity contribution in [1.29, 1.82) is 0 Å². The molecule has 0 atom stereocenters. The number of nitrogens with one attached hydrogen (secondary N) is 3. The summed E-state index contributed by atoms with van der Waals surface area (Å²) in [6.45, 7) is 6.79. The molecule has 3 heterocycles. The molecule has 8 nitrogen and oxygen atoms in total. The standard InChI is InChI=1S/C22H28N8/c1-15-5-2-3-6-17(15)27-21-18-19(20(26-14-25-18)24-13-16-7-8-16)28-22(29-21)30-11-4-9-23-10-12-30/h2-3,5-6,14,16,23H,4,7-13H2,1H3,(H,24,25,26)(H,27,28,29). The average Bonchev–Trinajstić information content (AvgIpc) is 3.61.